The summed E-state index contributed by atoms with van der Waals surface area (Å²) in [5.74, 6) is 0.406. The normalized spacial score (nSPS) is 10.8. The summed E-state index contributed by atoms with van der Waals surface area (Å²) in [4.78, 5) is 18.7. The van der Waals surface area contributed by atoms with Gasteiger partial charge in [-0.1, -0.05) is 0 Å². The largest absolute Gasteiger partial charge is 0.418 e. The van der Waals surface area contributed by atoms with E-state index in [4.69, 9.17) is 4.42 Å². The predicted octanol–water partition coefficient (Wildman–Crippen LogP) is 3.11. The van der Waals surface area contributed by atoms with E-state index in [-0.39, 0.29) is 5.69 Å². The smallest absolute Gasteiger partial charge is 0.269 e. The number of pyridine rings is 1. The van der Waals surface area contributed by atoms with Gasteiger partial charge in [-0.2, -0.15) is 0 Å². The van der Waals surface area contributed by atoms with Crippen molar-refractivity contribution in [2.75, 3.05) is 0 Å². The average molecular weight is 255 g/mol. The molecule has 0 radical (unpaired) electrons. The Morgan fingerprint density at radius 3 is 2.53 bits per heavy atom. The van der Waals surface area contributed by atoms with Gasteiger partial charge in [0.25, 0.3) is 5.69 Å². The second-order valence-electron chi connectivity index (χ2n) is 4.10. The Labute approximate surface area is 107 Å². The van der Waals surface area contributed by atoms with Crippen LogP contribution in [0.2, 0.25) is 0 Å². The van der Waals surface area contributed by atoms with Crippen LogP contribution in [0.1, 0.15) is 5.69 Å². The van der Waals surface area contributed by atoms with Crippen molar-refractivity contribution in [3.05, 3.63) is 52.2 Å². The topological polar surface area (TPSA) is 82.1 Å². The van der Waals surface area contributed by atoms with Gasteiger partial charge < -0.3 is 4.42 Å². The summed E-state index contributed by atoms with van der Waals surface area (Å²) in [7, 11) is 0. The molecule has 0 amide bonds. The first kappa shape index (κ1) is 11.3. The van der Waals surface area contributed by atoms with Crippen LogP contribution in [0.25, 0.3) is 22.7 Å². The van der Waals surface area contributed by atoms with Crippen LogP contribution < -0.4 is 0 Å². The van der Waals surface area contributed by atoms with E-state index in [0.29, 0.717) is 22.7 Å². The maximum absolute atomic E-state index is 10.6. The molecule has 0 aliphatic rings. The number of benzene rings is 1. The molecule has 3 rings (SSSR count). The number of hydrogen-bond donors (Lipinski definition) is 0. The molecule has 19 heavy (non-hydrogen) atoms. The molecule has 0 spiro atoms. The molecule has 0 saturated heterocycles. The highest BCUT2D eigenvalue weighted by Gasteiger charge is 2.11. The number of aromatic nitrogens is 2. The summed E-state index contributed by atoms with van der Waals surface area (Å²) in [5.41, 5.74) is 2.70. The van der Waals surface area contributed by atoms with Gasteiger partial charge in [-0.25, -0.2) is 9.97 Å². The monoisotopic (exact) mass is 255 g/mol. The van der Waals surface area contributed by atoms with Crippen molar-refractivity contribution in [1.82, 2.24) is 9.97 Å². The van der Waals surface area contributed by atoms with E-state index in [0.717, 1.165) is 5.69 Å². The molecule has 0 saturated carbocycles. The SMILES string of the molecule is Cc1ccc2nc(-c3ccc([N+](=O)[O-])cc3)oc2n1. The van der Waals surface area contributed by atoms with Crippen LogP contribution in [0.3, 0.4) is 0 Å². The highest BCUT2D eigenvalue weighted by atomic mass is 16.6. The molecule has 2 aromatic heterocycles. The van der Waals surface area contributed by atoms with Crippen LogP contribution in [-0.4, -0.2) is 14.9 Å². The van der Waals surface area contributed by atoms with Crippen molar-refractivity contribution in [2.45, 2.75) is 6.92 Å². The van der Waals surface area contributed by atoms with Crippen LogP contribution in [0, 0.1) is 17.0 Å². The molecule has 2 heterocycles. The fourth-order valence-electron chi connectivity index (χ4n) is 1.76. The van der Waals surface area contributed by atoms with Gasteiger partial charge in [0.15, 0.2) is 0 Å². The van der Waals surface area contributed by atoms with Gasteiger partial charge >= 0.3 is 0 Å². The van der Waals surface area contributed by atoms with Crippen molar-refractivity contribution < 1.29 is 9.34 Å². The molecule has 0 N–H and O–H groups in total. The number of aryl methyl sites for hydroxylation is 1. The molecule has 6 heteroatoms. The summed E-state index contributed by atoms with van der Waals surface area (Å²) in [5, 5.41) is 10.6. The zero-order valence-electron chi connectivity index (χ0n) is 10.0. The highest BCUT2D eigenvalue weighted by molar-refractivity contribution is 5.72. The number of nitrogens with zero attached hydrogens (tertiary/aromatic N) is 3. The number of nitro benzene ring substituents is 1. The minimum atomic E-state index is -0.444. The standard InChI is InChI=1S/C13H9N3O3/c1-8-2-7-11-13(14-8)19-12(15-11)9-3-5-10(6-4-9)16(17)18/h2-7H,1H3. The number of oxazole rings is 1. The summed E-state index contributed by atoms with van der Waals surface area (Å²) in [6, 6.07) is 9.73. The Morgan fingerprint density at radius 1 is 1.11 bits per heavy atom. The predicted molar refractivity (Wildman–Crippen MR) is 68.6 cm³/mol. The third-order valence-corrected chi connectivity index (χ3v) is 2.72. The second kappa shape index (κ2) is 4.16. The Balaban J connectivity index is 2.06. The third kappa shape index (κ3) is 2.03. The van der Waals surface area contributed by atoms with E-state index in [9.17, 15) is 10.1 Å². The number of rotatable bonds is 2. The maximum Gasteiger partial charge on any atom is 0.269 e. The summed E-state index contributed by atoms with van der Waals surface area (Å²) < 4.78 is 5.54. The van der Waals surface area contributed by atoms with Gasteiger partial charge in [0, 0.05) is 23.4 Å². The molecule has 94 valence electrons. The number of nitro groups is 1. The van der Waals surface area contributed by atoms with Crippen molar-refractivity contribution >= 4 is 16.9 Å². The van der Waals surface area contributed by atoms with E-state index >= 15 is 0 Å². The summed E-state index contributed by atoms with van der Waals surface area (Å²) >= 11 is 0. The number of non-ortho nitro benzene ring substituents is 1. The zero-order chi connectivity index (χ0) is 13.4. The van der Waals surface area contributed by atoms with Gasteiger partial charge in [-0.3, -0.25) is 10.1 Å². The molecule has 0 aliphatic carbocycles. The van der Waals surface area contributed by atoms with Gasteiger partial charge in [0.05, 0.1) is 4.92 Å². The molecule has 3 aromatic rings. The lowest BCUT2D eigenvalue weighted by Gasteiger charge is -1.94. The first-order valence-corrected chi connectivity index (χ1v) is 5.62. The molecule has 1 aromatic carbocycles. The summed E-state index contributed by atoms with van der Waals surface area (Å²) in [6.45, 7) is 1.87. The maximum atomic E-state index is 10.6. The third-order valence-electron chi connectivity index (χ3n) is 2.72. The molecule has 0 bridgehead atoms. The van der Waals surface area contributed by atoms with Gasteiger partial charge in [0.1, 0.15) is 5.52 Å². The molecule has 0 unspecified atom stereocenters. The van der Waals surface area contributed by atoms with Crippen LogP contribution in [-0.2, 0) is 0 Å². The fourth-order valence-corrected chi connectivity index (χ4v) is 1.76. The van der Waals surface area contributed by atoms with Crippen LogP contribution in [0.15, 0.2) is 40.8 Å². The zero-order valence-corrected chi connectivity index (χ0v) is 10.0. The first-order chi connectivity index (χ1) is 9.13. The minimum absolute atomic E-state index is 0.0360. The molecule has 6 nitrogen and oxygen atoms in total. The van der Waals surface area contributed by atoms with Crippen molar-refractivity contribution in [3.8, 4) is 11.5 Å². The van der Waals surface area contributed by atoms with E-state index in [1.807, 2.05) is 19.1 Å². The first-order valence-electron chi connectivity index (χ1n) is 5.62. The number of hydrogen-bond acceptors (Lipinski definition) is 5. The van der Waals surface area contributed by atoms with Gasteiger partial charge in [-0.15, -0.1) is 0 Å². The Morgan fingerprint density at radius 2 is 1.84 bits per heavy atom. The highest BCUT2D eigenvalue weighted by Crippen LogP contribution is 2.25. The average Bonchev–Trinajstić information content (AvgIpc) is 2.81. The van der Waals surface area contributed by atoms with E-state index in [1.54, 1.807) is 12.1 Å². The lowest BCUT2D eigenvalue weighted by atomic mass is 10.2. The van der Waals surface area contributed by atoms with Crippen LogP contribution >= 0.6 is 0 Å². The quantitative estimate of drug-likeness (QED) is 0.519. The lowest BCUT2D eigenvalue weighted by molar-refractivity contribution is -0.384. The molecule has 0 fully saturated rings. The van der Waals surface area contributed by atoms with Crippen LogP contribution in [0.4, 0.5) is 5.69 Å². The van der Waals surface area contributed by atoms with Crippen molar-refractivity contribution in [2.24, 2.45) is 0 Å². The molecular formula is C13H9N3O3. The second-order valence-corrected chi connectivity index (χ2v) is 4.10. The van der Waals surface area contributed by atoms with Gasteiger partial charge in [-0.05, 0) is 31.2 Å². The molecule has 0 atom stereocenters. The van der Waals surface area contributed by atoms with E-state index < -0.39 is 4.92 Å². The van der Waals surface area contributed by atoms with Crippen LogP contribution in [0.5, 0.6) is 0 Å². The van der Waals surface area contributed by atoms with E-state index in [1.165, 1.54) is 12.1 Å². The fraction of sp³-hybridized carbons (Fsp3) is 0.0769. The van der Waals surface area contributed by atoms with Crippen molar-refractivity contribution in [3.63, 3.8) is 0 Å². The van der Waals surface area contributed by atoms with E-state index in [2.05, 4.69) is 9.97 Å². The Hall–Kier alpha value is -2.76. The lowest BCUT2D eigenvalue weighted by Crippen LogP contribution is -1.87. The summed E-state index contributed by atoms with van der Waals surface area (Å²) in [6.07, 6.45) is 0. The number of fused-ring (bicyclic) bond motifs is 1. The Kier molecular flexibility index (Phi) is 2.49. The molecular weight excluding hydrogens is 246 g/mol. The minimum Gasteiger partial charge on any atom is -0.418 e. The Bertz CT molecular complexity index is 762. The van der Waals surface area contributed by atoms with Gasteiger partial charge in [0.2, 0.25) is 11.6 Å². The van der Waals surface area contributed by atoms with Crippen molar-refractivity contribution in [1.29, 1.82) is 0 Å². The molecule has 0 aliphatic heterocycles.